The van der Waals surface area contributed by atoms with E-state index in [9.17, 15) is 13.2 Å². The van der Waals surface area contributed by atoms with Gasteiger partial charge < -0.3 is 4.74 Å². The van der Waals surface area contributed by atoms with E-state index < -0.39 is 17.8 Å². The lowest BCUT2D eigenvalue weighted by atomic mass is 10.2. The molecule has 0 unspecified atom stereocenters. The van der Waals surface area contributed by atoms with Gasteiger partial charge in [0.1, 0.15) is 5.56 Å². The molecule has 0 aromatic carbocycles. The quantitative estimate of drug-likeness (QED) is 0.784. The molecule has 0 aliphatic heterocycles. The van der Waals surface area contributed by atoms with E-state index in [4.69, 9.17) is 0 Å². The fourth-order valence-electron chi connectivity index (χ4n) is 0.816. The first-order valence-corrected chi connectivity index (χ1v) is 4.31. The van der Waals surface area contributed by atoms with Crippen LogP contribution in [0.3, 0.4) is 0 Å². The number of nitrogens with zero attached hydrogens (tertiary/aromatic N) is 1. The fourth-order valence-corrected chi connectivity index (χ4v) is 1.25. The predicted molar refractivity (Wildman–Crippen MR) is 48.4 cm³/mol. The Morgan fingerprint density at radius 2 is 2.15 bits per heavy atom. The van der Waals surface area contributed by atoms with Crippen molar-refractivity contribution in [1.29, 1.82) is 0 Å². The van der Waals surface area contributed by atoms with Crippen molar-refractivity contribution >= 4 is 22.6 Å². The number of methoxy groups -OCH3 is 1. The Morgan fingerprint density at radius 3 is 2.62 bits per heavy atom. The summed E-state index contributed by atoms with van der Waals surface area (Å²) in [5.41, 5.74) is -0.783. The summed E-state index contributed by atoms with van der Waals surface area (Å²) in [5, 5.41) is 0. The fraction of sp³-hybridized carbons (Fsp3) is 0.286. The van der Waals surface area contributed by atoms with Crippen LogP contribution in [-0.2, 0) is 0 Å². The summed E-state index contributed by atoms with van der Waals surface area (Å²) in [4.78, 5) is 3.53. The molecular formula is C7H5F3INO. The van der Waals surface area contributed by atoms with Crippen LogP contribution in [0.15, 0.2) is 6.20 Å². The lowest BCUT2D eigenvalue weighted by molar-refractivity contribution is 0.140. The van der Waals surface area contributed by atoms with Gasteiger partial charge >= 0.3 is 0 Å². The Morgan fingerprint density at radius 1 is 1.54 bits per heavy atom. The molecule has 0 bridgehead atoms. The number of halogens is 4. The van der Waals surface area contributed by atoms with Crippen molar-refractivity contribution in [3.63, 3.8) is 0 Å². The minimum Gasteiger partial charge on any atom is -0.481 e. The van der Waals surface area contributed by atoms with Gasteiger partial charge in [-0.3, -0.25) is 0 Å². The minimum atomic E-state index is -2.92. The van der Waals surface area contributed by atoms with Gasteiger partial charge in [-0.25, -0.2) is 18.2 Å². The normalized spacial score (nSPS) is 10.6. The molecule has 0 amide bonds. The number of hydrogen-bond acceptors (Lipinski definition) is 2. The molecule has 1 aromatic rings. The number of rotatable bonds is 2. The summed E-state index contributed by atoms with van der Waals surface area (Å²) in [5.74, 6) is -1.34. The van der Waals surface area contributed by atoms with Crippen molar-refractivity contribution in [2.45, 2.75) is 6.43 Å². The van der Waals surface area contributed by atoms with Gasteiger partial charge in [0.2, 0.25) is 5.88 Å². The van der Waals surface area contributed by atoms with E-state index in [1.807, 2.05) is 0 Å². The molecule has 0 atom stereocenters. The first kappa shape index (κ1) is 10.6. The summed E-state index contributed by atoms with van der Waals surface area (Å²) in [6, 6.07) is 0. The van der Waals surface area contributed by atoms with Crippen LogP contribution in [0.25, 0.3) is 0 Å². The molecule has 2 nitrogen and oxygen atoms in total. The highest BCUT2D eigenvalue weighted by atomic mass is 127. The SMILES string of the molecule is COc1ncc(I)c(F)c1C(F)F. The van der Waals surface area contributed by atoms with E-state index in [2.05, 4.69) is 9.72 Å². The molecule has 72 valence electrons. The zero-order valence-corrected chi connectivity index (χ0v) is 8.68. The Balaban J connectivity index is 3.32. The van der Waals surface area contributed by atoms with Gasteiger partial charge in [-0.05, 0) is 22.6 Å². The van der Waals surface area contributed by atoms with Gasteiger partial charge in [-0.15, -0.1) is 0 Å². The maximum absolute atomic E-state index is 13.1. The standard InChI is InChI=1S/C7H5F3INO/c1-13-7-4(6(9)10)5(8)3(11)2-12-7/h2,6H,1H3. The molecule has 6 heteroatoms. The van der Waals surface area contributed by atoms with Crippen LogP contribution in [0, 0.1) is 9.39 Å². The topological polar surface area (TPSA) is 22.1 Å². The van der Waals surface area contributed by atoms with Crippen LogP contribution in [0.2, 0.25) is 0 Å². The monoisotopic (exact) mass is 303 g/mol. The first-order chi connectivity index (χ1) is 6.07. The molecule has 0 fully saturated rings. The number of alkyl halides is 2. The summed E-state index contributed by atoms with van der Waals surface area (Å²) < 4.78 is 42.2. The van der Waals surface area contributed by atoms with Gasteiger partial charge in [0.25, 0.3) is 6.43 Å². The summed E-state index contributed by atoms with van der Waals surface area (Å²) in [6.45, 7) is 0. The second-order valence-corrected chi connectivity index (χ2v) is 3.31. The van der Waals surface area contributed by atoms with Crippen molar-refractivity contribution in [3.05, 3.63) is 21.1 Å². The van der Waals surface area contributed by atoms with Gasteiger partial charge in [0.05, 0.1) is 10.7 Å². The van der Waals surface area contributed by atoms with Gasteiger partial charge in [0.15, 0.2) is 5.82 Å². The number of ether oxygens (including phenoxy) is 1. The van der Waals surface area contributed by atoms with Gasteiger partial charge in [0, 0.05) is 6.20 Å². The maximum Gasteiger partial charge on any atom is 0.271 e. The maximum atomic E-state index is 13.1. The van der Waals surface area contributed by atoms with E-state index in [0.29, 0.717) is 0 Å². The molecule has 0 aliphatic carbocycles. The van der Waals surface area contributed by atoms with E-state index in [1.165, 1.54) is 7.11 Å². The number of pyridine rings is 1. The Kier molecular flexibility index (Phi) is 3.34. The highest BCUT2D eigenvalue weighted by molar-refractivity contribution is 14.1. The predicted octanol–water partition coefficient (Wildman–Crippen LogP) is 2.77. The minimum absolute atomic E-state index is 0.0497. The number of aromatic nitrogens is 1. The molecule has 0 aliphatic rings. The molecule has 1 aromatic heterocycles. The molecule has 0 saturated heterocycles. The zero-order chi connectivity index (χ0) is 10.0. The third kappa shape index (κ3) is 2.04. The summed E-state index contributed by atoms with van der Waals surface area (Å²) in [7, 11) is 1.17. The Labute approximate surface area is 86.3 Å². The highest BCUT2D eigenvalue weighted by Crippen LogP contribution is 2.31. The molecule has 0 spiro atoms. The van der Waals surface area contributed by atoms with Crippen molar-refractivity contribution in [2.75, 3.05) is 7.11 Å². The lowest BCUT2D eigenvalue weighted by Gasteiger charge is -2.07. The second-order valence-electron chi connectivity index (χ2n) is 2.14. The van der Waals surface area contributed by atoms with Crippen molar-refractivity contribution in [2.24, 2.45) is 0 Å². The van der Waals surface area contributed by atoms with Crippen molar-refractivity contribution in [1.82, 2.24) is 4.98 Å². The molecule has 1 heterocycles. The van der Waals surface area contributed by atoms with E-state index in [0.717, 1.165) is 6.20 Å². The molecule has 13 heavy (non-hydrogen) atoms. The third-order valence-corrected chi connectivity index (χ3v) is 2.14. The summed E-state index contributed by atoms with van der Waals surface area (Å²) in [6.07, 6.45) is -1.78. The van der Waals surface area contributed by atoms with Gasteiger partial charge in [-0.2, -0.15) is 0 Å². The van der Waals surface area contributed by atoms with E-state index in [1.54, 1.807) is 22.6 Å². The third-order valence-electron chi connectivity index (χ3n) is 1.38. The Hall–Kier alpha value is -0.530. The zero-order valence-electron chi connectivity index (χ0n) is 6.52. The van der Waals surface area contributed by atoms with Crippen LogP contribution < -0.4 is 4.74 Å². The van der Waals surface area contributed by atoms with Crippen molar-refractivity contribution in [3.8, 4) is 5.88 Å². The molecule has 0 N–H and O–H groups in total. The van der Waals surface area contributed by atoms with E-state index >= 15 is 0 Å². The largest absolute Gasteiger partial charge is 0.481 e. The van der Waals surface area contributed by atoms with Crippen LogP contribution in [-0.4, -0.2) is 12.1 Å². The van der Waals surface area contributed by atoms with E-state index in [-0.39, 0.29) is 9.45 Å². The van der Waals surface area contributed by atoms with Crippen LogP contribution >= 0.6 is 22.6 Å². The lowest BCUT2D eigenvalue weighted by Crippen LogP contribution is -2.01. The highest BCUT2D eigenvalue weighted by Gasteiger charge is 2.22. The average molecular weight is 303 g/mol. The molecule has 1 rings (SSSR count). The molecule has 0 saturated carbocycles. The molecular weight excluding hydrogens is 298 g/mol. The van der Waals surface area contributed by atoms with Crippen molar-refractivity contribution < 1.29 is 17.9 Å². The van der Waals surface area contributed by atoms with Crippen LogP contribution in [0.4, 0.5) is 13.2 Å². The number of hydrogen-bond donors (Lipinski definition) is 0. The first-order valence-electron chi connectivity index (χ1n) is 3.24. The smallest absolute Gasteiger partial charge is 0.271 e. The molecule has 0 radical (unpaired) electrons. The van der Waals surface area contributed by atoms with Gasteiger partial charge in [-0.1, -0.05) is 0 Å². The second kappa shape index (κ2) is 4.12. The summed E-state index contributed by atoms with van der Waals surface area (Å²) >= 11 is 1.59. The van der Waals surface area contributed by atoms with Crippen LogP contribution in [0.5, 0.6) is 5.88 Å². The average Bonchev–Trinajstić information content (AvgIpc) is 2.08. The Bertz CT molecular complexity index is 319. The van der Waals surface area contributed by atoms with Crippen LogP contribution in [0.1, 0.15) is 12.0 Å².